The quantitative estimate of drug-likeness (QED) is 0.0197. The number of nitrogens with one attached hydrogen (secondary N) is 8. The number of aromatic amines is 1. The third-order valence-corrected chi connectivity index (χ3v) is 12.6. The first kappa shape index (κ1) is 57.5. The molecule has 0 unspecified atom stereocenters. The molecule has 16 N–H and O–H groups in total. The summed E-state index contributed by atoms with van der Waals surface area (Å²) >= 11 is 0. The number of guanidine groups is 1. The van der Waals surface area contributed by atoms with Crippen LogP contribution in [0.2, 0.25) is 0 Å². The highest BCUT2D eigenvalue weighted by Crippen LogP contribution is 2.21. The normalized spacial score (nSPS) is 17.4. The molecule has 25 heteroatoms. The van der Waals surface area contributed by atoms with Gasteiger partial charge in [0.15, 0.2) is 5.96 Å². The molecule has 3 aromatic rings. The Hall–Kier alpha value is -8.38. The highest BCUT2D eigenvalue weighted by molar-refractivity contribution is 5.99. The Bertz CT molecular complexity index is 2510. The van der Waals surface area contributed by atoms with Crippen molar-refractivity contribution in [2.24, 2.45) is 33.8 Å². The zero-order chi connectivity index (χ0) is 54.6. The molecule has 3 heterocycles. The SMILES string of the molecule is CC(C)C[C@H](NC(=O)[C@H](Cc1ccccc1)NC(=O)[C@@H]1CCC(=O)N1)C(=O)N[C@@H](Cc1ccccc1)C(=O)N[C@@H](CCCN=C(N)N)C(=O)N1CCC[C@H]1C(=O)N[C@@H](Cc1cnc[nH]1)C(=O)N[C@@H](CC(N)=O)C(N)=O. The van der Waals surface area contributed by atoms with E-state index in [-0.39, 0.29) is 88.7 Å². The Kier molecular flexibility index (Phi) is 21.6. The number of benzene rings is 2. The molecule has 0 saturated carbocycles. The zero-order valence-corrected chi connectivity index (χ0v) is 42.1. The number of primary amides is 2. The molecule has 2 fully saturated rings. The van der Waals surface area contributed by atoms with E-state index >= 15 is 0 Å². The number of hydrogen-bond donors (Lipinski definition) is 12. The maximum Gasteiger partial charge on any atom is 0.245 e. The lowest BCUT2D eigenvalue weighted by atomic mass is 9.99. The van der Waals surface area contributed by atoms with Gasteiger partial charge in [0.1, 0.15) is 48.3 Å². The summed E-state index contributed by atoms with van der Waals surface area (Å²) in [4.78, 5) is 147. The molecule has 5 rings (SSSR count). The second kappa shape index (κ2) is 28.2. The van der Waals surface area contributed by atoms with E-state index in [9.17, 15) is 47.9 Å². The second-order valence-corrected chi connectivity index (χ2v) is 19.0. The minimum absolute atomic E-state index is 0.0253. The van der Waals surface area contributed by atoms with Crippen LogP contribution in [0, 0.1) is 5.92 Å². The van der Waals surface area contributed by atoms with Gasteiger partial charge in [0.05, 0.1) is 12.7 Å². The van der Waals surface area contributed by atoms with Crippen molar-refractivity contribution in [3.63, 3.8) is 0 Å². The molecule has 0 radical (unpaired) electrons. The number of rotatable bonds is 28. The molecule has 8 atom stereocenters. The van der Waals surface area contributed by atoms with Crippen molar-refractivity contribution in [2.75, 3.05) is 13.1 Å². The Morgan fingerprint density at radius 3 is 1.77 bits per heavy atom. The highest BCUT2D eigenvalue weighted by atomic mass is 16.2. The average Bonchev–Trinajstić information content (AvgIpc) is 4.17. The van der Waals surface area contributed by atoms with E-state index in [4.69, 9.17) is 22.9 Å². The van der Waals surface area contributed by atoms with E-state index in [2.05, 4.69) is 52.2 Å². The van der Waals surface area contributed by atoms with E-state index < -0.39 is 108 Å². The molecular weight excluding hydrogens is 971 g/mol. The maximum atomic E-state index is 14.7. The Morgan fingerprint density at radius 1 is 0.693 bits per heavy atom. The summed E-state index contributed by atoms with van der Waals surface area (Å²) < 4.78 is 0. The van der Waals surface area contributed by atoms with Gasteiger partial charge in [-0.2, -0.15) is 0 Å². The fourth-order valence-electron chi connectivity index (χ4n) is 8.77. The lowest BCUT2D eigenvalue weighted by Gasteiger charge is -2.31. The zero-order valence-electron chi connectivity index (χ0n) is 42.1. The number of aromatic nitrogens is 2. The van der Waals surface area contributed by atoms with Crippen molar-refractivity contribution in [2.45, 2.75) is 133 Å². The van der Waals surface area contributed by atoms with Gasteiger partial charge in [-0.25, -0.2) is 4.98 Å². The first-order chi connectivity index (χ1) is 35.8. The van der Waals surface area contributed by atoms with Crippen LogP contribution < -0.4 is 60.2 Å². The molecule has 2 aliphatic heterocycles. The second-order valence-electron chi connectivity index (χ2n) is 19.0. The lowest BCUT2D eigenvalue weighted by Crippen LogP contribution is -2.60. The topological polar surface area (TPSA) is 403 Å². The molecular formula is C50H69N15O10. The first-order valence-corrected chi connectivity index (χ1v) is 24.9. The highest BCUT2D eigenvalue weighted by Gasteiger charge is 2.41. The van der Waals surface area contributed by atoms with E-state index in [0.29, 0.717) is 17.7 Å². The van der Waals surface area contributed by atoms with Crippen molar-refractivity contribution in [3.8, 4) is 0 Å². The van der Waals surface area contributed by atoms with E-state index in [0.717, 1.165) is 5.56 Å². The lowest BCUT2D eigenvalue weighted by molar-refractivity contribution is -0.142. The smallest absolute Gasteiger partial charge is 0.245 e. The summed E-state index contributed by atoms with van der Waals surface area (Å²) in [6.45, 7) is 3.84. The van der Waals surface area contributed by atoms with E-state index in [1.165, 1.54) is 17.4 Å². The van der Waals surface area contributed by atoms with Gasteiger partial charge < -0.3 is 70.0 Å². The maximum absolute atomic E-state index is 14.7. The van der Waals surface area contributed by atoms with E-state index in [1.54, 1.807) is 60.7 Å². The van der Waals surface area contributed by atoms with E-state index in [1.807, 2.05) is 13.8 Å². The number of aliphatic imine (C=N–C) groups is 1. The summed E-state index contributed by atoms with van der Waals surface area (Å²) in [7, 11) is 0. The number of carbonyl (C=O) groups is 10. The summed E-state index contributed by atoms with van der Waals surface area (Å²) in [6.07, 6.45) is 3.25. The summed E-state index contributed by atoms with van der Waals surface area (Å²) in [5.41, 5.74) is 23.6. The van der Waals surface area contributed by atoms with Crippen molar-refractivity contribution in [1.82, 2.24) is 52.1 Å². The van der Waals surface area contributed by atoms with Crippen LogP contribution in [-0.2, 0) is 67.2 Å². The molecule has 2 aromatic carbocycles. The number of carbonyl (C=O) groups excluding carboxylic acids is 10. The van der Waals surface area contributed by atoms with Crippen molar-refractivity contribution in [1.29, 1.82) is 0 Å². The molecule has 25 nitrogen and oxygen atoms in total. The van der Waals surface area contributed by atoms with Crippen molar-refractivity contribution in [3.05, 3.63) is 90.0 Å². The third-order valence-electron chi connectivity index (χ3n) is 12.6. The van der Waals surface area contributed by atoms with Crippen LogP contribution in [0.3, 0.4) is 0 Å². The van der Waals surface area contributed by atoms with Crippen LogP contribution in [0.25, 0.3) is 0 Å². The molecule has 2 aliphatic rings. The van der Waals surface area contributed by atoms with Crippen LogP contribution in [0.1, 0.15) is 82.0 Å². The van der Waals surface area contributed by atoms with Gasteiger partial charge in [-0.15, -0.1) is 0 Å². The molecule has 0 spiro atoms. The fourth-order valence-corrected chi connectivity index (χ4v) is 8.77. The Morgan fingerprint density at radius 2 is 1.24 bits per heavy atom. The average molecular weight is 1040 g/mol. The predicted molar refractivity (Wildman–Crippen MR) is 272 cm³/mol. The van der Waals surface area contributed by atoms with Gasteiger partial charge >= 0.3 is 0 Å². The number of imidazole rings is 1. The largest absolute Gasteiger partial charge is 0.370 e. The number of hydrogen-bond acceptors (Lipinski definition) is 12. The van der Waals surface area contributed by atoms with Crippen LogP contribution in [0.4, 0.5) is 0 Å². The molecule has 2 saturated heterocycles. The minimum Gasteiger partial charge on any atom is -0.370 e. The molecule has 0 aliphatic carbocycles. The monoisotopic (exact) mass is 1040 g/mol. The molecule has 75 heavy (non-hydrogen) atoms. The summed E-state index contributed by atoms with van der Waals surface area (Å²) in [5.74, 6) is -7.59. The van der Waals surface area contributed by atoms with Crippen LogP contribution >= 0.6 is 0 Å². The van der Waals surface area contributed by atoms with Gasteiger partial charge in [-0.3, -0.25) is 52.9 Å². The number of nitrogens with two attached hydrogens (primary N) is 4. The van der Waals surface area contributed by atoms with Gasteiger partial charge in [0.25, 0.3) is 0 Å². The number of nitrogens with zero attached hydrogens (tertiary/aromatic N) is 3. The number of likely N-dealkylation sites (tertiary alicyclic amines) is 1. The fraction of sp³-hybridized carbons (Fsp3) is 0.480. The predicted octanol–water partition coefficient (Wildman–Crippen LogP) is -2.92. The standard InChI is InChI=1S/C50H69N15O10/c1-28(2)21-35(61-46(72)37(23-30-13-7-4-8-14-30)62-43(69)32-17-18-41(67)58-32)44(70)63-36(22-29-11-5-3-6-12-29)45(71)59-33(15-9-19-56-50(53)54)49(75)65-20-10-16-39(65)48(74)64-38(24-31-26-55-27-57-31)47(73)60-34(42(52)68)25-40(51)66/h3-8,11-14,26-28,32-39H,9-10,15-25H2,1-2H3,(H2,51,66)(H2,52,68)(H,55,57)(H,58,67)(H,59,71)(H,60,73)(H,61,72)(H,62,69)(H,63,70)(H,64,74)(H4,53,54,56)/t32-,33-,34-,35-,36-,37-,38-,39-/m0/s1. The first-order valence-electron chi connectivity index (χ1n) is 24.9. The Balaban J connectivity index is 1.38. The number of amides is 10. The summed E-state index contributed by atoms with van der Waals surface area (Å²) in [6, 6.07) is 7.89. The molecule has 0 bridgehead atoms. The van der Waals surface area contributed by atoms with Crippen LogP contribution in [0.5, 0.6) is 0 Å². The molecule has 1 aromatic heterocycles. The van der Waals surface area contributed by atoms with Gasteiger partial charge in [0, 0.05) is 50.7 Å². The number of H-pyrrole nitrogens is 1. The van der Waals surface area contributed by atoms with Gasteiger partial charge in [-0.1, -0.05) is 74.5 Å². The third kappa shape index (κ3) is 18.3. The van der Waals surface area contributed by atoms with Gasteiger partial charge in [-0.05, 0) is 55.6 Å². The van der Waals surface area contributed by atoms with Crippen LogP contribution in [-0.4, -0.2) is 141 Å². The van der Waals surface area contributed by atoms with Gasteiger partial charge in [0.2, 0.25) is 59.1 Å². The minimum atomic E-state index is -1.48. The van der Waals surface area contributed by atoms with Crippen molar-refractivity contribution < 1.29 is 47.9 Å². The Labute approximate surface area is 433 Å². The summed E-state index contributed by atoms with van der Waals surface area (Å²) in [5, 5.41) is 18.8. The molecule has 10 amide bonds. The van der Waals surface area contributed by atoms with Crippen molar-refractivity contribution >= 4 is 65.0 Å². The molecule has 404 valence electrons. The van der Waals surface area contributed by atoms with Crippen LogP contribution in [0.15, 0.2) is 78.2 Å².